The molecule has 5 nitrogen and oxygen atoms in total. The van der Waals surface area contributed by atoms with Gasteiger partial charge in [-0.15, -0.1) is 0 Å². The van der Waals surface area contributed by atoms with E-state index in [4.69, 9.17) is 4.74 Å². The third kappa shape index (κ3) is 7.22. The highest BCUT2D eigenvalue weighted by atomic mass is 19.4. The van der Waals surface area contributed by atoms with Crippen LogP contribution in [0.25, 0.3) is 0 Å². The Kier molecular flexibility index (Phi) is 9.63. The quantitative estimate of drug-likeness (QED) is 0.240. The van der Waals surface area contributed by atoms with Crippen LogP contribution in [0.4, 0.5) is 30.2 Å². The minimum absolute atomic E-state index is 0.00811. The first-order valence-corrected chi connectivity index (χ1v) is 15.8. The van der Waals surface area contributed by atoms with E-state index in [9.17, 15) is 18.0 Å². The number of benzene rings is 2. The number of carbonyl (C=O) groups is 1. The molecular formula is C35H50F3N3O2. The molecule has 1 fully saturated rings. The molecule has 238 valence electrons. The van der Waals surface area contributed by atoms with Crippen molar-refractivity contribution < 1.29 is 22.7 Å². The number of nitrogens with zero attached hydrogens (tertiary/aromatic N) is 1. The van der Waals surface area contributed by atoms with E-state index in [1.165, 1.54) is 19.8 Å². The molecule has 2 aliphatic rings. The Hall–Kier alpha value is -2.58. The van der Waals surface area contributed by atoms with Gasteiger partial charge in [-0.05, 0) is 118 Å². The maximum atomic E-state index is 13.7. The fraction of sp³-hybridized carbons (Fsp3) is 0.629. The van der Waals surface area contributed by atoms with Crippen LogP contribution in [-0.2, 0) is 10.2 Å². The van der Waals surface area contributed by atoms with Crippen LogP contribution in [-0.4, -0.2) is 54.2 Å². The molecule has 2 aromatic carbocycles. The Morgan fingerprint density at radius 2 is 1.58 bits per heavy atom. The smallest absolute Gasteiger partial charge is 0.380 e. The van der Waals surface area contributed by atoms with Gasteiger partial charge in [-0.2, -0.15) is 13.2 Å². The van der Waals surface area contributed by atoms with Crippen LogP contribution in [0.15, 0.2) is 42.5 Å². The number of ketones is 1. The molecule has 0 amide bonds. The lowest BCUT2D eigenvalue weighted by Crippen LogP contribution is -2.53. The number of ether oxygens (including phenoxy) is 1. The zero-order chi connectivity index (χ0) is 31.8. The summed E-state index contributed by atoms with van der Waals surface area (Å²) in [4.78, 5) is 15.9. The van der Waals surface area contributed by atoms with Gasteiger partial charge in [-0.25, -0.2) is 0 Å². The molecule has 4 rings (SSSR count). The summed E-state index contributed by atoms with van der Waals surface area (Å²) in [5.41, 5.74) is 1.89. The number of carbonyl (C=O) groups excluding carboxylic acids is 1. The Bertz CT molecular complexity index is 1270. The maximum absolute atomic E-state index is 13.7. The largest absolute Gasteiger partial charge is 0.417 e. The molecule has 2 aromatic rings. The van der Waals surface area contributed by atoms with Gasteiger partial charge in [0.25, 0.3) is 0 Å². The number of nitrogens with one attached hydrogen (secondary N) is 2. The summed E-state index contributed by atoms with van der Waals surface area (Å²) in [7, 11) is 2.10. The molecule has 0 aromatic heterocycles. The van der Waals surface area contributed by atoms with Crippen molar-refractivity contribution in [1.29, 1.82) is 0 Å². The molecule has 1 saturated carbocycles. The molecule has 0 spiro atoms. The van der Waals surface area contributed by atoms with Crippen molar-refractivity contribution in [1.82, 2.24) is 4.90 Å². The summed E-state index contributed by atoms with van der Waals surface area (Å²) in [5.74, 6) is 1.13. The molecule has 2 N–H and O–H groups in total. The summed E-state index contributed by atoms with van der Waals surface area (Å²) in [5, 5.41) is 6.99. The Morgan fingerprint density at radius 1 is 0.977 bits per heavy atom. The van der Waals surface area contributed by atoms with Gasteiger partial charge < -0.3 is 15.4 Å². The van der Waals surface area contributed by atoms with Gasteiger partial charge in [0.05, 0.1) is 6.04 Å². The second kappa shape index (κ2) is 12.4. The number of rotatable bonds is 13. The van der Waals surface area contributed by atoms with E-state index in [1.54, 1.807) is 0 Å². The molecule has 8 heteroatoms. The van der Waals surface area contributed by atoms with Gasteiger partial charge in [-0.3, -0.25) is 9.69 Å². The fourth-order valence-electron chi connectivity index (χ4n) is 6.17. The van der Waals surface area contributed by atoms with Gasteiger partial charge in [-0.1, -0.05) is 34.6 Å². The lowest BCUT2D eigenvalue weighted by molar-refractivity contribution is -0.272. The van der Waals surface area contributed by atoms with Gasteiger partial charge in [0, 0.05) is 41.3 Å². The highest BCUT2D eigenvalue weighted by molar-refractivity contribution is 6.03. The highest BCUT2D eigenvalue weighted by Gasteiger charge is 2.51. The Morgan fingerprint density at radius 3 is 2.14 bits per heavy atom. The number of alkyl halides is 3. The van der Waals surface area contributed by atoms with E-state index < -0.39 is 17.3 Å². The minimum atomic E-state index is -4.41. The molecule has 3 unspecified atom stereocenters. The zero-order valence-corrected chi connectivity index (χ0v) is 27.1. The topological polar surface area (TPSA) is 53.6 Å². The van der Waals surface area contributed by atoms with Crippen molar-refractivity contribution in [3.05, 3.63) is 53.6 Å². The molecular weight excluding hydrogens is 551 g/mol. The van der Waals surface area contributed by atoms with E-state index in [1.807, 2.05) is 50.2 Å². The number of halogens is 3. The lowest BCUT2D eigenvalue weighted by atomic mass is 9.63. The predicted molar refractivity (Wildman–Crippen MR) is 169 cm³/mol. The van der Waals surface area contributed by atoms with Crippen LogP contribution < -0.4 is 10.6 Å². The predicted octanol–water partition coefficient (Wildman–Crippen LogP) is 8.97. The van der Waals surface area contributed by atoms with Crippen molar-refractivity contribution in [2.45, 2.75) is 109 Å². The number of Topliss-reactive ketones (excluding diaryl/α,β-unsaturated/α-hetero) is 1. The van der Waals surface area contributed by atoms with Crippen LogP contribution in [0.2, 0.25) is 0 Å². The number of hydrogen-bond donors (Lipinski definition) is 2. The monoisotopic (exact) mass is 601 g/mol. The summed E-state index contributed by atoms with van der Waals surface area (Å²) in [6.45, 7) is 14.3. The van der Waals surface area contributed by atoms with Gasteiger partial charge in [0.15, 0.2) is 11.4 Å². The first-order chi connectivity index (χ1) is 20.0. The van der Waals surface area contributed by atoms with Crippen LogP contribution in [0.5, 0.6) is 0 Å². The normalized spacial score (nSPS) is 22.9. The molecule has 43 heavy (non-hydrogen) atoms. The van der Waals surface area contributed by atoms with Crippen LogP contribution in [0, 0.1) is 11.8 Å². The van der Waals surface area contributed by atoms with Crippen molar-refractivity contribution in [3.63, 3.8) is 0 Å². The van der Waals surface area contributed by atoms with Gasteiger partial charge in [0.2, 0.25) is 0 Å². The summed E-state index contributed by atoms with van der Waals surface area (Å²) < 4.78 is 45.6. The van der Waals surface area contributed by atoms with E-state index in [0.29, 0.717) is 6.42 Å². The van der Waals surface area contributed by atoms with E-state index in [2.05, 4.69) is 49.4 Å². The average Bonchev–Trinajstić information content (AvgIpc) is 3.76. The molecule has 0 saturated heterocycles. The average molecular weight is 602 g/mol. The standard InChI is InChI=1S/C35H50F3N3O2/c1-9-33(6,19-20-43-34(7,10-2)35(36,37)38)40-26-15-13-25(14-16-26)39-27-17-18-28-29(21-27)32(4,5)23(3)30(31(28)42)41(8)22-24-11-12-24/h13-18,21,23-24,30,39-40H,9-12,19-20,22H2,1-8H3/t23-,30?,33?,34?/m0/s1. The Balaban J connectivity index is 1.42. The van der Waals surface area contributed by atoms with Crippen molar-refractivity contribution in [2.75, 3.05) is 30.8 Å². The second-order valence-electron chi connectivity index (χ2n) is 13.9. The third-order valence-electron chi connectivity index (χ3n) is 10.3. The Labute approximate surface area is 256 Å². The van der Waals surface area contributed by atoms with Gasteiger partial charge >= 0.3 is 6.18 Å². The highest BCUT2D eigenvalue weighted by Crippen LogP contribution is 2.44. The van der Waals surface area contributed by atoms with Crippen LogP contribution in [0.3, 0.4) is 0 Å². The molecule has 0 aliphatic heterocycles. The first kappa shape index (κ1) is 33.3. The molecule has 2 aliphatic carbocycles. The summed E-state index contributed by atoms with van der Waals surface area (Å²) in [6.07, 6.45) is -0.836. The minimum Gasteiger partial charge on any atom is -0.380 e. The molecule has 0 heterocycles. The van der Waals surface area contributed by atoms with E-state index in [-0.39, 0.29) is 36.2 Å². The second-order valence-corrected chi connectivity index (χ2v) is 13.9. The van der Waals surface area contributed by atoms with Crippen LogP contribution in [0.1, 0.15) is 96.5 Å². The lowest BCUT2D eigenvalue weighted by Gasteiger charge is -2.46. The number of fused-ring (bicyclic) bond motifs is 1. The van der Waals surface area contributed by atoms with Crippen LogP contribution >= 0.6 is 0 Å². The van der Waals surface area contributed by atoms with E-state index in [0.717, 1.165) is 54.0 Å². The third-order valence-corrected chi connectivity index (χ3v) is 10.3. The summed E-state index contributed by atoms with van der Waals surface area (Å²) in [6, 6.07) is 13.9. The summed E-state index contributed by atoms with van der Waals surface area (Å²) >= 11 is 0. The van der Waals surface area contributed by atoms with Crippen molar-refractivity contribution >= 4 is 22.8 Å². The number of likely N-dealkylation sites (N-methyl/N-ethyl adjacent to an activating group) is 1. The molecule has 4 atom stereocenters. The molecule has 0 bridgehead atoms. The van der Waals surface area contributed by atoms with E-state index >= 15 is 0 Å². The first-order valence-electron chi connectivity index (χ1n) is 15.8. The number of anilines is 3. The molecule has 0 radical (unpaired) electrons. The maximum Gasteiger partial charge on any atom is 0.417 e. The van der Waals surface area contributed by atoms with Crippen molar-refractivity contribution in [2.24, 2.45) is 11.8 Å². The SMILES string of the molecule is CCC(C)(CCOC(C)(CC)C(F)(F)F)Nc1ccc(Nc2ccc3c(c2)C(C)(C)[C@@H](C)C(N(C)CC2CC2)C3=O)cc1. The zero-order valence-electron chi connectivity index (χ0n) is 27.1. The number of hydrogen-bond acceptors (Lipinski definition) is 5. The van der Waals surface area contributed by atoms with Crippen molar-refractivity contribution in [3.8, 4) is 0 Å². The fourth-order valence-corrected chi connectivity index (χ4v) is 6.17. The van der Waals surface area contributed by atoms with Gasteiger partial charge in [0.1, 0.15) is 0 Å².